The van der Waals surface area contributed by atoms with E-state index < -0.39 is 6.10 Å². The summed E-state index contributed by atoms with van der Waals surface area (Å²) in [5, 5.41) is 0. The number of carbonyl (C=O) groups is 2. The van der Waals surface area contributed by atoms with Crippen LogP contribution in [0.15, 0.2) is 97.2 Å². The highest BCUT2D eigenvalue weighted by Crippen LogP contribution is 2.12. The largest absolute Gasteiger partial charge is 0.462 e. The topological polar surface area (TPSA) is 61.8 Å². The summed E-state index contributed by atoms with van der Waals surface area (Å²) >= 11 is 0. The Balaban J connectivity index is 4.40. The highest BCUT2D eigenvalue weighted by molar-refractivity contribution is 5.70. The maximum Gasteiger partial charge on any atom is 0.306 e. The van der Waals surface area contributed by atoms with E-state index in [9.17, 15) is 9.59 Å². The van der Waals surface area contributed by atoms with Crippen molar-refractivity contribution in [1.29, 1.82) is 0 Å². The van der Waals surface area contributed by atoms with E-state index in [0.717, 1.165) is 77.0 Å². The lowest BCUT2D eigenvalue weighted by atomic mass is 10.1. The zero-order valence-electron chi connectivity index (χ0n) is 39.2. The Hall–Kier alpha value is -3.18. The first-order valence-corrected chi connectivity index (χ1v) is 24.8. The van der Waals surface area contributed by atoms with Crippen molar-refractivity contribution in [3.8, 4) is 0 Å². The third-order valence-electron chi connectivity index (χ3n) is 10.1. The van der Waals surface area contributed by atoms with Gasteiger partial charge in [-0.3, -0.25) is 9.59 Å². The lowest BCUT2D eigenvalue weighted by Gasteiger charge is -2.18. The van der Waals surface area contributed by atoms with Crippen molar-refractivity contribution in [3.05, 3.63) is 97.2 Å². The molecule has 5 nitrogen and oxygen atoms in total. The molecule has 0 aliphatic rings. The maximum atomic E-state index is 12.8. The molecule has 5 heteroatoms. The molecule has 1 unspecified atom stereocenters. The van der Waals surface area contributed by atoms with Gasteiger partial charge in [-0.25, -0.2) is 0 Å². The molecule has 0 fully saturated rings. The fourth-order valence-corrected chi connectivity index (χ4v) is 6.39. The molecule has 0 radical (unpaired) electrons. The number of hydrogen-bond donors (Lipinski definition) is 0. The van der Waals surface area contributed by atoms with E-state index in [4.69, 9.17) is 14.2 Å². The van der Waals surface area contributed by atoms with E-state index >= 15 is 0 Å². The van der Waals surface area contributed by atoms with Crippen molar-refractivity contribution < 1.29 is 23.8 Å². The van der Waals surface area contributed by atoms with Gasteiger partial charge in [0.1, 0.15) is 6.61 Å². The molecule has 0 amide bonds. The molecule has 0 spiro atoms. The summed E-state index contributed by atoms with van der Waals surface area (Å²) in [6.45, 7) is 7.56. The van der Waals surface area contributed by atoms with Crippen LogP contribution in [0.3, 0.4) is 0 Å². The van der Waals surface area contributed by atoms with Crippen LogP contribution in [0.5, 0.6) is 0 Å². The second-order valence-electron chi connectivity index (χ2n) is 16.0. The number of rotatable bonds is 44. The molecule has 0 N–H and O–H groups in total. The van der Waals surface area contributed by atoms with Crippen LogP contribution in [0, 0.1) is 0 Å². The number of carbonyl (C=O) groups excluding carboxylic acids is 2. The van der Waals surface area contributed by atoms with Gasteiger partial charge in [-0.15, -0.1) is 0 Å². The molecule has 0 aliphatic carbocycles. The highest BCUT2D eigenvalue weighted by atomic mass is 16.6. The molecule has 0 heterocycles. The van der Waals surface area contributed by atoms with Crippen LogP contribution in [-0.2, 0) is 23.8 Å². The van der Waals surface area contributed by atoms with Crippen LogP contribution in [0.2, 0.25) is 0 Å². The number of allylic oxidation sites excluding steroid dienone is 16. The minimum atomic E-state index is -0.577. The zero-order chi connectivity index (χ0) is 43.5. The van der Waals surface area contributed by atoms with Gasteiger partial charge >= 0.3 is 11.9 Å². The Labute approximate surface area is 371 Å². The van der Waals surface area contributed by atoms with Crippen molar-refractivity contribution in [2.24, 2.45) is 0 Å². The second kappa shape index (κ2) is 50.2. The van der Waals surface area contributed by atoms with Crippen LogP contribution in [0.1, 0.15) is 213 Å². The molecule has 60 heavy (non-hydrogen) atoms. The predicted molar refractivity (Wildman–Crippen MR) is 260 cm³/mol. The van der Waals surface area contributed by atoms with Crippen molar-refractivity contribution in [2.75, 3.05) is 19.8 Å². The van der Waals surface area contributed by atoms with Crippen LogP contribution >= 0.6 is 0 Å². The third kappa shape index (κ3) is 47.5. The number of unbranched alkanes of at least 4 members (excludes halogenated alkanes) is 17. The summed E-state index contributed by atoms with van der Waals surface area (Å²) in [5.41, 5.74) is 0. The van der Waals surface area contributed by atoms with Gasteiger partial charge in [0.15, 0.2) is 6.10 Å². The Morgan fingerprint density at radius 1 is 0.383 bits per heavy atom. The maximum absolute atomic E-state index is 12.8. The SMILES string of the molecule is CC/C=C\C/C=C\C/C=C\C/C=C\C/C=C\C/C=C\CCC(=O)OCC(COCCCCCCCC/C=C\CCCC)OC(=O)CCCCCCC/C=C\CCCCCC. The molecule has 1 atom stereocenters. The molecule has 0 saturated heterocycles. The van der Waals surface area contributed by atoms with Gasteiger partial charge < -0.3 is 14.2 Å². The third-order valence-corrected chi connectivity index (χ3v) is 10.1. The number of hydrogen-bond acceptors (Lipinski definition) is 5. The smallest absolute Gasteiger partial charge is 0.306 e. The van der Waals surface area contributed by atoms with Gasteiger partial charge in [0.05, 0.1) is 6.61 Å². The second-order valence-corrected chi connectivity index (χ2v) is 16.0. The monoisotopic (exact) mass is 833 g/mol. The molecule has 0 saturated carbocycles. The summed E-state index contributed by atoms with van der Waals surface area (Å²) in [7, 11) is 0. The lowest BCUT2D eigenvalue weighted by molar-refractivity contribution is -0.162. The Morgan fingerprint density at radius 2 is 0.800 bits per heavy atom. The van der Waals surface area contributed by atoms with Crippen molar-refractivity contribution in [1.82, 2.24) is 0 Å². The van der Waals surface area contributed by atoms with E-state index in [0.29, 0.717) is 25.9 Å². The molecule has 0 aliphatic heterocycles. The number of ether oxygens (including phenoxy) is 3. The van der Waals surface area contributed by atoms with Gasteiger partial charge in [0.25, 0.3) is 0 Å². The quantitative estimate of drug-likeness (QED) is 0.0348. The molecule has 0 bridgehead atoms. The first-order valence-electron chi connectivity index (χ1n) is 24.8. The average molecular weight is 833 g/mol. The lowest BCUT2D eigenvalue weighted by Crippen LogP contribution is -2.30. The van der Waals surface area contributed by atoms with Crippen LogP contribution in [0.4, 0.5) is 0 Å². The van der Waals surface area contributed by atoms with Gasteiger partial charge in [-0.05, 0) is 103 Å². The summed E-state index contributed by atoms with van der Waals surface area (Å²) in [6, 6.07) is 0. The Bertz CT molecular complexity index is 1170. The van der Waals surface area contributed by atoms with E-state index in [1.54, 1.807) is 0 Å². The highest BCUT2D eigenvalue weighted by Gasteiger charge is 2.17. The predicted octanol–water partition coefficient (Wildman–Crippen LogP) is 16.7. The van der Waals surface area contributed by atoms with Crippen molar-refractivity contribution in [2.45, 2.75) is 219 Å². The van der Waals surface area contributed by atoms with E-state index in [-0.39, 0.29) is 25.2 Å². The molecule has 0 aromatic carbocycles. The summed E-state index contributed by atoms with van der Waals surface area (Å²) in [4.78, 5) is 25.3. The van der Waals surface area contributed by atoms with Crippen molar-refractivity contribution in [3.63, 3.8) is 0 Å². The first-order chi connectivity index (χ1) is 29.6. The van der Waals surface area contributed by atoms with Crippen LogP contribution in [0.25, 0.3) is 0 Å². The van der Waals surface area contributed by atoms with Gasteiger partial charge in [-0.1, -0.05) is 195 Å². The zero-order valence-corrected chi connectivity index (χ0v) is 39.2. The fourth-order valence-electron chi connectivity index (χ4n) is 6.39. The van der Waals surface area contributed by atoms with Crippen LogP contribution in [-0.4, -0.2) is 37.9 Å². The molecule has 0 aromatic heterocycles. The van der Waals surface area contributed by atoms with Gasteiger partial charge in [0.2, 0.25) is 0 Å². The van der Waals surface area contributed by atoms with Crippen molar-refractivity contribution >= 4 is 11.9 Å². The molecule has 0 rings (SSSR count). The summed E-state index contributed by atoms with van der Waals surface area (Å²) < 4.78 is 17.3. The summed E-state index contributed by atoms with van der Waals surface area (Å²) in [5.74, 6) is -0.512. The van der Waals surface area contributed by atoms with E-state index in [1.807, 2.05) is 6.08 Å². The van der Waals surface area contributed by atoms with Gasteiger partial charge in [-0.2, -0.15) is 0 Å². The minimum absolute atomic E-state index is 0.0351. The molecule has 0 aromatic rings. The normalized spacial score (nSPS) is 13.1. The first kappa shape index (κ1) is 56.8. The molecule has 342 valence electrons. The van der Waals surface area contributed by atoms with E-state index in [1.165, 1.54) is 96.3 Å². The number of esters is 2. The Morgan fingerprint density at radius 3 is 1.32 bits per heavy atom. The molecular weight excluding hydrogens is 741 g/mol. The fraction of sp³-hybridized carbons (Fsp3) is 0.673. The van der Waals surface area contributed by atoms with E-state index in [2.05, 4.69) is 112 Å². The Kier molecular flexibility index (Phi) is 47.5. The standard InChI is InChI=1S/C55H92O5/c1-4-7-10-13-16-19-22-25-26-27-28-29-30-32-33-36-39-42-45-48-54(56)59-52-53(51-58-50-47-44-41-38-35-24-21-18-15-12-9-6-3)60-55(57)49-46-43-40-37-34-31-23-20-17-14-11-8-5-2/h7,10,15-16,18-20,23,25-26,28-29,32-33,39,42,53H,4-6,8-9,11-14,17,21-22,24,27,30-31,34-38,40-41,43-52H2,1-3H3/b10-7-,18-15-,19-16-,23-20-,26-25-,29-28-,33-32-,42-39-. The van der Waals surface area contributed by atoms with Crippen LogP contribution < -0.4 is 0 Å². The minimum Gasteiger partial charge on any atom is -0.462 e. The molecular formula is C55H92O5. The summed E-state index contributed by atoms with van der Waals surface area (Å²) in [6.07, 6.45) is 67.1. The van der Waals surface area contributed by atoms with Gasteiger partial charge in [0, 0.05) is 19.4 Å². The average Bonchev–Trinajstić information content (AvgIpc) is 3.25.